The summed E-state index contributed by atoms with van der Waals surface area (Å²) in [5.41, 5.74) is 6.37. The van der Waals surface area contributed by atoms with Crippen LogP contribution in [0.4, 0.5) is 0 Å². The summed E-state index contributed by atoms with van der Waals surface area (Å²) in [5, 5.41) is 5.86. The average Bonchev–Trinajstić information content (AvgIpc) is 2.96. The molecule has 3 nitrogen and oxygen atoms in total. The van der Waals surface area contributed by atoms with Crippen molar-refractivity contribution in [2.75, 3.05) is 0 Å². The van der Waals surface area contributed by atoms with Crippen LogP contribution in [-0.4, -0.2) is 15.0 Å². The fourth-order valence-corrected chi connectivity index (χ4v) is 4.74. The van der Waals surface area contributed by atoms with Crippen molar-refractivity contribution < 1.29 is 20.1 Å². The molecular formula is C35H25IrN3-2. The third-order valence-corrected chi connectivity index (χ3v) is 6.47. The molecule has 0 bridgehead atoms. The number of hydrogen-bond donors (Lipinski definition) is 0. The molecule has 0 saturated heterocycles. The zero-order chi connectivity index (χ0) is 25.9. The molecule has 0 unspecified atom stereocenters. The Kier molecular flexibility index (Phi) is 7.88. The maximum Gasteiger partial charge on any atom is 0.0755 e. The molecular weight excluding hydrogens is 655 g/mol. The largest absolute Gasteiger partial charge is 0.304 e. The SMILES string of the molecule is Cc1[c-]c(-c2nccc3ccccc23)cc(C)c1.[Ir].[c-]1ccccc1-c1ncc2cc3ccccc3cc2n1. The Morgan fingerprint density at radius 2 is 1.38 bits per heavy atom. The fraction of sp³-hybridized carbons (Fsp3) is 0.0571. The number of rotatable bonds is 2. The summed E-state index contributed by atoms with van der Waals surface area (Å²) in [7, 11) is 0. The molecule has 1 radical (unpaired) electrons. The third-order valence-electron chi connectivity index (χ3n) is 6.47. The van der Waals surface area contributed by atoms with Crippen molar-refractivity contribution in [2.24, 2.45) is 0 Å². The molecule has 0 aliphatic heterocycles. The Morgan fingerprint density at radius 1 is 0.641 bits per heavy atom. The van der Waals surface area contributed by atoms with Crippen molar-refractivity contribution in [2.45, 2.75) is 13.8 Å². The summed E-state index contributed by atoms with van der Waals surface area (Å²) in [5.74, 6) is 0.716. The molecule has 5 aromatic carbocycles. The number of aryl methyl sites for hydroxylation is 2. The maximum atomic E-state index is 4.65. The van der Waals surface area contributed by atoms with E-state index < -0.39 is 0 Å². The van der Waals surface area contributed by atoms with Crippen LogP contribution in [0.15, 0.2) is 116 Å². The molecule has 4 heteroatoms. The van der Waals surface area contributed by atoms with Gasteiger partial charge in [0.25, 0.3) is 0 Å². The number of nitrogens with zero attached hydrogens (tertiary/aromatic N) is 3. The monoisotopic (exact) mass is 680 g/mol. The molecule has 0 aliphatic carbocycles. The van der Waals surface area contributed by atoms with Crippen LogP contribution in [0.5, 0.6) is 0 Å². The van der Waals surface area contributed by atoms with E-state index in [1.165, 1.54) is 27.1 Å². The predicted molar refractivity (Wildman–Crippen MR) is 157 cm³/mol. The predicted octanol–water partition coefficient (Wildman–Crippen LogP) is 8.57. The standard InChI is InChI=1S/C18H11N2.C17H14N.Ir/c1-2-6-13(7-3-1)18-19-12-16-10-14-8-4-5-9-15(14)11-17(16)20-18;1-12-9-13(2)11-15(10-12)17-16-6-4-3-5-14(16)7-8-18-17;/h1-6,8-12H;3-10H,1-2H3;/q2*-1;. The van der Waals surface area contributed by atoms with E-state index in [0.29, 0.717) is 5.82 Å². The molecule has 0 spiro atoms. The Morgan fingerprint density at radius 3 is 2.15 bits per heavy atom. The molecule has 191 valence electrons. The van der Waals surface area contributed by atoms with Gasteiger partial charge in [0.15, 0.2) is 0 Å². The first-order valence-corrected chi connectivity index (χ1v) is 12.6. The van der Waals surface area contributed by atoms with Gasteiger partial charge < -0.3 is 4.98 Å². The first kappa shape index (κ1) is 26.4. The number of aromatic nitrogens is 3. The first-order chi connectivity index (χ1) is 18.6. The zero-order valence-electron chi connectivity index (χ0n) is 21.6. The molecule has 7 rings (SSSR count). The van der Waals surface area contributed by atoms with E-state index in [4.69, 9.17) is 0 Å². The summed E-state index contributed by atoms with van der Waals surface area (Å²) in [6.45, 7) is 4.18. The number of pyridine rings is 1. The van der Waals surface area contributed by atoms with Gasteiger partial charge in [-0.05, 0) is 45.4 Å². The van der Waals surface area contributed by atoms with Crippen molar-refractivity contribution in [3.05, 3.63) is 139 Å². The van der Waals surface area contributed by atoms with Crippen LogP contribution in [0.3, 0.4) is 0 Å². The quantitative estimate of drug-likeness (QED) is 0.136. The summed E-state index contributed by atoms with van der Waals surface area (Å²) < 4.78 is 0. The van der Waals surface area contributed by atoms with Crippen molar-refractivity contribution in [3.63, 3.8) is 0 Å². The van der Waals surface area contributed by atoms with Crippen LogP contribution in [0.25, 0.3) is 55.1 Å². The van der Waals surface area contributed by atoms with Gasteiger partial charge in [0, 0.05) is 37.9 Å². The second kappa shape index (κ2) is 11.7. The molecule has 2 heterocycles. The van der Waals surface area contributed by atoms with Crippen LogP contribution in [0, 0.1) is 26.0 Å². The summed E-state index contributed by atoms with van der Waals surface area (Å²) in [6.07, 6.45) is 3.74. The molecule has 7 aromatic rings. The van der Waals surface area contributed by atoms with E-state index in [9.17, 15) is 0 Å². The molecule has 0 saturated carbocycles. The second-order valence-electron chi connectivity index (χ2n) is 9.36. The van der Waals surface area contributed by atoms with E-state index in [0.717, 1.165) is 33.3 Å². The van der Waals surface area contributed by atoms with Crippen molar-refractivity contribution in [3.8, 4) is 22.6 Å². The van der Waals surface area contributed by atoms with E-state index in [1.807, 2.05) is 54.9 Å². The van der Waals surface area contributed by atoms with Crippen LogP contribution < -0.4 is 0 Å². The summed E-state index contributed by atoms with van der Waals surface area (Å²) in [6, 6.07) is 41.5. The van der Waals surface area contributed by atoms with E-state index in [-0.39, 0.29) is 20.1 Å². The van der Waals surface area contributed by atoms with Crippen LogP contribution >= 0.6 is 0 Å². The minimum absolute atomic E-state index is 0. The smallest absolute Gasteiger partial charge is 0.0755 e. The number of benzene rings is 5. The topological polar surface area (TPSA) is 38.7 Å². The van der Waals surface area contributed by atoms with Crippen LogP contribution in [0.1, 0.15) is 11.1 Å². The Labute approximate surface area is 242 Å². The van der Waals surface area contributed by atoms with Crippen LogP contribution in [0.2, 0.25) is 0 Å². The van der Waals surface area contributed by atoms with Gasteiger partial charge in [-0.1, -0.05) is 62.4 Å². The maximum absolute atomic E-state index is 4.65. The van der Waals surface area contributed by atoms with E-state index in [2.05, 4.69) is 102 Å². The van der Waals surface area contributed by atoms with Gasteiger partial charge in [-0.3, -0.25) is 9.97 Å². The van der Waals surface area contributed by atoms with Gasteiger partial charge in [-0.15, -0.1) is 70.8 Å². The minimum atomic E-state index is 0. The first-order valence-electron chi connectivity index (χ1n) is 12.6. The average molecular weight is 680 g/mol. The molecule has 39 heavy (non-hydrogen) atoms. The van der Waals surface area contributed by atoms with Crippen molar-refractivity contribution >= 4 is 32.4 Å². The van der Waals surface area contributed by atoms with E-state index in [1.54, 1.807) is 0 Å². The molecule has 0 fully saturated rings. The van der Waals surface area contributed by atoms with Gasteiger partial charge in [0.05, 0.1) is 11.3 Å². The van der Waals surface area contributed by atoms with Gasteiger partial charge >= 0.3 is 0 Å². The second-order valence-corrected chi connectivity index (χ2v) is 9.36. The minimum Gasteiger partial charge on any atom is -0.304 e. The molecule has 0 atom stereocenters. The third kappa shape index (κ3) is 5.78. The Hall–Kier alpha value is -4.24. The molecule has 0 N–H and O–H groups in total. The van der Waals surface area contributed by atoms with Crippen LogP contribution in [-0.2, 0) is 20.1 Å². The zero-order valence-corrected chi connectivity index (χ0v) is 24.0. The van der Waals surface area contributed by atoms with Gasteiger partial charge in [0.2, 0.25) is 0 Å². The van der Waals surface area contributed by atoms with Crippen molar-refractivity contribution in [1.82, 2.24) is 15.0 Å². The normalized spacial score (nSPS) is 10.6. The fourth-order valence-electron chi connectivity index (χ4n) is 4.74. The van der Waals surface area contributed by atoms with Gasteiger partial charge in [0.1, 0.15) is 0 Å². The molecule has 0 amide bonds. The summed E-state index contributed by atoms with van der Waals surface area (Å²) in [4.78, 5) is 13.6. The Bertz CT molecular complexity index is 1870. The Balaban J connectivity index is 0.000000155. The van der Waals surface area contributed by atoms with Gasteiger partial charge in [-0.25, -0.2) is 0 Å². The van der Waals surface area contributed by atoms with Gasteiger partial charge in [-0.2, -0.15) is 0 Å². The van der Waals surface area contributed by atoms with Crippen molar-refractivity contribution in [1.29, 1.82) is 0 Å². The molecule has 2 aromatic heterocycles. The number of fused-ring (bicyclic) bond motifs is 3. The number of hydrogen-bond acceptors (Lipinski definition) is 3. The summed E-state index contributed by atoms with van der Waals surface area (Å²) >= 11 is 0. The molecule has 0 aliphatic rings. The van der Waals surface area contributed by atoms with E-state index >= 15 is 0 Å².